The van der Waals surface area contributed by atoms with Crippen LogP contribution in [-0.2, 0) is 40.5 Å². The van der Waals surface area contributed by atoms with Crippen molar-refractivity contribution >= 4 is 45.1 Å². The fraction of sp³-hybridized carbons (Fsp3) is 0.250. The van der Waals surface area contributed by atoms with Crippen molar-refractivity contribution in [2.75, 3.05) is 6.61 Å². The van der Waals surface area contributed by atoms with Crippen LogP contribution >= 0.6 is 39.1 Å². The van der Waals surface area contributed by atoms with Crippen molar-refractivity contribution in [3.8, 4) is 5.88 Å². The zero-order valence-electron chi connectivity index (χ0n) is 17.7. The second-order valence-corrected chi connectivity index (χ2v) is 8.69. The van der Waals surface area contributed by atoms with Crippen LogP contribution < -0.4 is 4.74 Å². The van der Waals surface area contributed by atoms with Gasteiger partial charge in [-0.2, -0.15) is 0 Å². The highest BCUT2D eigenvalue weighted by Gasteiger charge is 2.14. The van der Waals surface area contributed by atoms with Gasteiger partial charge in [-0.1, -0.05) is 35.3 Å². The molecule has 33 heavy (non-hydrogen) atoms. The number of aromatic nitrogens is 1. The number of pyridine rings is 1. The van der Waals surface area contributed by atoms with Crippen LogP contribution in [0, 0.1) is 5.82 Å². The van der Waals surface area contributed by atoms with E-state index < -0.39 is 11.8 Å². The minimum absolute atomic E-state index is 0.0420. The number of benzene rings is 2. The molecular weight excluding hydrogens is 536 g/mol. The van der Waals surface area contributed by atoms with E-state index in [2.05, 4.69) is 20.9 Å². The first-order valence-electron chi connectivity index (χ1n) is 10.1. The second-order valence-electron chi connectivity index (χ2n) is 7.01. The summed E-state index contributed by atoms with van der Waals surface area (Å²) in [4.78, 5) is 16.0. The van der Waals surface area contributed by atoms with Crippen molar-refractivity contribution in [2.45, 2.75) is 33.2 Å². The van der Waals surface area contributed by atoms with Crippen molar-refractivity contribution in [1.29, 1.82) is 0 Å². The minimum atomic E-state index is -0.457. The lowest BCUT2D eigenvalue weighted by atomic mass is 10.0. The van der Waals surface area contributed by atoms with Crippen LogP contribution in [0.15, 0.2) is 53.0 Å². The Labute approximate surface area is 209 Å². The number of halogens is 4. The minimum Gasteiger partial charge on any atom is -0.473 e. The van der Waals surface area contributed by atoms with E-state index in [0.717, 1.165) is 11.1 Å². The molecule has 0 spiro atoms. The lowest BCUT2D eigenvalue weighted by molar-refractivity contribution is -0.142. The molecular formula is C24H21BrCl2FNO4. The van der Waals surface area contributed by atoms with Crippen LogP contribution in [0.25, 0.3) is 0 Å². The summed E-state index contributed by atoms with van der Waals surface area (Å²) < 4.78 is 31.0. The maximum Gasteiger partial charge on any atom is 0.310 e. The molecule has 174 valence electrons. The molecule has 0 radical (unpaired) electrons. The number of carbonyl (C=O) groups excluding carboxylic acids is 1. The number of nitrogens with zero attached hydrogens (tertiary/aromatic N) is 1. The standard InChI is InChI=1S/C24H21BrCl2FNO4/c1-2-32-24(30)11-16-10-21(28)20(25)9-18(16)13-31-12-17-8-19(26)7-6-15(17)14-33-23-5-3-4-22(27)29-23/h3-10H,2,11-14H2,1H3. The van der Waals surface area contributed by atoms with Gasteiger partial charge in [0.2, 0.25) is 5.88 Å². The molecule has 0 saturated carbocycles. The Kier molecular flexibility index (Phi) is 9.50. The molecule has 3 aromatic rings. The van der Waals surface area contributed by atoms with Gasteiger partial charge < -0.3 is 14.2 Å². The van der Waals surface area contributed by atoms with Gasteiger partial charge >= 0.3 is 5.97 Å². The first-order valence-corrected chi connectivity index (χ1v) is 11.6. The quantitative estimate of drug-likeness (QED) is 0.206. The average Bonchev–Trinajstić information content (AvgIpc) is 2.76. The van der Waals surface area contributed by atoms with E-state index in [-0.39, 0.29) is 32.8 Å². The Morgan fingerprint density at radius 3 is 2.48 bits per heavy atom. The van der Waals surface area contributed by atoms with E-state index in [1.807, 2.05) is 6.07 Å². The number of esters is 1. The van der Waals surface area contributed by atoms with E-state index >= 15 is 0 Å². The smallest absolute Gasteiger partial charge is 0.310 e. The molecule has 0 amide bonds. The Morgan fingerprint density at radius 2 is 1.76 bits per heavy atom. The molecule has 9 heteroatoms. The molecule has 0 aliphatic heterocycles. The van der Waals surface area contributed by atoms with Gasteiger partial charge in [0.05, 0.1) is 30.7 Å². The lowest BCUT2D eigenvalue weighted by Gasteiger charge is -2.14. The molecule has 0 atom stereocenters. The maximum atomic E-state index is 14.0. The van der Waals surface area contributed by atoms with Crippen LogP contribution in [0.4, 0.5) is 4.39 Å². The zero-order chi connectivity index (χ0) is 23.8. The molecule has 0 unspecified atom stereocenters. The lowest BCUT2D eigenvalue weighted by Crippen LogP contribution is -2.11. The molecule has 5 nitrogen and oxygen atoms in total. The van der Waals surface area contributed by atoms with Gasteiger partial charge in [-0.15, -0.1) is 0 Å². The largest absolute Gasteiger partial charge is 0.473 e. The fourth-order valence-corrected chi connectivity index (χ4v) is 3.80. The van der Waals surface area contributed by atoms with Gasteiger partial charge in [0.1, 0.15) is 17.6 Å². The molecule has 0 bridgehead atoms. The Hall–Kier alpha value is -2.19. The van der Waals surface area contributed by atoms with Crippen LogP contribution in [0.1, 0.15) is 29.2 Å². The summed E-state index contributed by atoms with van der Waals surface area (Å²) in [5, 5.41) is 0.905. The Bertz CT molecular complexity index is 1130. The van der Waals surface area contributed by atoms with Crippen molar-refractivity contribution in [3.05, 3.63) is 91.3 Å². The number of hydrogen-bond donors (Lipinski definition) is 0. The summed E-state index contributed by atoms with van der Waals surface area (Å²) in [6.45, 7) is 2.62. The molecule has 0 aliphatic carbocycles. The van der Waals surface area contributed by atoms with Crippen LogP contribution in [0.3, 0.4) is 0 Å². The first-order chi connectivity index (χ1) is 15.9. The molecule has 0 N–H and O–H groups in total. The monoisotopic (exact) mass is 555 g/mol. The molecule has 0 saturated heterocycles. The van der Waals surface area contributed by atoms with E-state index in [1.165, 1.54) is 6.07 Å². The SMILES string of the molecule is CCOC(=O)Cc1cc(F)c(Br)cc1COCc1cc(Cl)ccc1COc1cccc(Cl)n1. The van der Waals surface area contributed by atoms with Gasteiger partial charge in [0.15, 0.2) is 0 Å². The zero-order valence-corrected chi connectivity index (χ0v) is 20.8. The molecule has 0 aliphatic rings. The van der Waals surface area contributed by atoms with Crippen LogP contribution in [-0.4, -0.2) is 17.6 Å². The highest BCUT2D eigenvalue weighted by Crippen LogP contribution is 2.24. The summed E-state index contributed by atoms with van der Waals surface area (Å²) in [5.41, 5.74) is 2.89. The van der Waals surface area contributed by atoms with E-state index in [4.69, 9.17) is 37.4 Å². The van der Waals surface area contributed by atoms with Gasteiger partial charge in [-0.3, -0.25) is 4.79 Å². The number of carbonyl (C=O) groups is 1. The van der Waals surface area contributed by atoms with Crippen molar-refractivity contribution in [3.63, 3.8) is 0 Å². The van der Waals surface area contributed by atoms with Gasteiger partial charge in [0.25, 0.3) is 0 Å². The molecule has 1 heterocycles. The summed E-state index contributed by atoms with van der Waals surface area (Å²) >= 11 is 15.3. The van der Waals surface area contributed by atoms with Gasteiger partial charge in [-0.25, -0.2) is 9.37 Å². The Morgan fingerprint density at radius 1 is 1.00 bits per heavy atom. The first kappa shape index (κ1) is 25.4. The van der Waals surface area contributed by atoms with E-state index in [1.54, 1.807) is 43.3 Å². The highest BCUT2D eigenvalue weighted by atomic mass is 79.9. The Balaban J connectivity index is 1.69. The van der Waals surface area contributed by atoms with Crippen LogP contribution in [0.2, 0.25) is 10.2 Å². The normalized spacial score (nSPS) is 10.8. The number of ether oxygens (including phenoxy) is 3. The van der Waals surface area contributed by atoms with E-state index in [9.17, 15) is 9.18 Å². The molecule has 0 fully saturated rings. The fourth-order valence-electron chi connectivity index (χ4n) is 3.06. The van der Waals surface area contributed by atoms with Crippen LogP contribution in [0.5, 0.6) is 5.88 Å². The summed E-state index contributed by atoms with van der Waals surface area (Å²) in [6, 6.07) is 13.5. The summed E-state index contributed by atoms with van der Waals surface area (Å²) in [6.07, 6.45) is -0.0420. The molecule has 2 aromatic carbocycles. The van der Waals surface area contributed by atoms with Crippen molar-refractivity contribution in [1.82, 2.24) is 4.98 Å². The number of hydrogen-bond acceptors (Lipinski definition) is 5. The third kappa shape index (κ3) is 7.67. The van der Waals surface area contributed by atoms with E-state index in [0.29, 0.717) is 31.7 Å². The molecule has 1 aromatic heterocycles. The van der Waals surface area contributed by atoms with Gasteiger partial charge in [0, 0.05) is 11.1 Å². The predicted octanol–water partition coefficient (Wildman–Crippen LogP) is 6.69. The third-order valence-electron chi connectivity index (χ3n) is 4.63. The second kappa shape index (κ2) is 12.3. The highest BCUT2D eigenvalue weighted by molar-refractivity contribution is 9.10. The van der Waals surface area contributed by atoms with Crippen molar-refractivity contribution < 1.29 is 23.4 Å². The van der Waals surface area contributed by atoms with Crippen molar-refractivity contribution in [2.24, 2.45) is 0 Å². The third-order valence-corrected chi connectivity index (χ3v) is 5.68. The summed E-state index contributed by atoms with van der Waals surface area (Å²) in [5.74, 6) is -0.476. The summed E-state index contributed by atoms with van der Waals surface area (Å²) in [7, 11) is 0. The topological polar surface area (TPSA) is 57.7 Å². The maximum absolute atomic E-state index is 14.0. The number of rotatable bonds is 10. The predicted molar refractivity (Wildman–Crippen MR) is 128 cm³/mol. The molecule has 3 rings (SSSR count). The average molecular weight is 557 g/mol. The van der Waals surface area contributed by atoms with Gasteiger partial charge in [-0.05, 0) is 75.4 Å².